The number of primary amides is 1. The van der Waals surface area contributed by atoms with Crippen LogP contribution in [0.2, 0.25) is 0 Å². The van der Waals surface area contributed by atoms with Crippen LogP contribution in [0.5, 0.6) is 0 Å². The molecule has 1 atom stereocenters. The number of rotatable bonds is 7. The molecule has 1 aliphatic rings. The number of nitrogens with zero attached hydrogens (tertiary/aromatic N) is 5. The molecular weight excluding hydrogens is 412 g/mol. The maximum atomic E-state index is 12.2. The van der Waals surface area contributed by atoms with Crippen LogP contribution < -0.4 is 16.4 Å². The summed E-state index contributed by atoms with van der Waals surface area (Å²) < 4.78 is 0. The molecule has 0 bridgehead atoms. The van der Waals surface area contributed by atoms with Crippen molar-refractivity contribution in [2.24, 2.45) is 5.73 Å². The first-order valence-corrected chi connectivity index (χ1v) is 10.1. The van der Waals surface area contributed by atoms with Crippen LogP contribution in [0.4, 0.5) is 17.5 Å². The largest absolute Gasteiger partial charge is 0.364 e. The minimum absolute atomic E-state index is 0.0808. The van der Waals surface area contributed by atoms with Crippen molar-refractivity contribution in [2.75, 3.05) is 37.8 Å². The molecular formula is C21H26N8O3. The molecule has 0 aliphatic carbocycles. The van der Waals surface area contributed by atoms with E-state index in [0.29, 0.717) is 24.3 Å². The summed E-state index contributed by atoms with van der Waals surface area (Å²) in [4.78, 5) is 43.5. The summed E-state index contributed by atoms with van der Waals surface area (Å²) in [5.74, 6) is -0.785. The number of piperidine rings is 1. The fourth-order valence-corrected chi connectivity index (χ4v) is 3.37. The predicted octanol–water partition coefficient (Wildman–Crippen LogP) is 1.00. The van der Waals surface area contributed by atoms with Gasteiger partial charge >= 0.3 is 0 Å². The number of amides is 3. The number of likely N-dealkylation sites (tertiary alicyclic amines) is 1. The van der Waals surface area contributed by atoms with E-state index in [4.69, 9.17) is 5.73 Å². The van der Waals surface area contributed by atoms with E-state index >= 15 is 0 Å². The quantitative estimate of drug-likeness (QED) is 0.543. The highest BCUT2D eigenvalue weighted by atomic mass is 16.2. The topological polar surface area (TPSA) is 146 Å². The Labute approximate surface area is 185 Å². The molecule has 1 aliphatic heterocycles. The van der Waals surface area contributed by atoms with Crippen LogP contribution in [-0.4, -0.2) is 75.9 Å². The molecule has 1 fully saturated rings. The third kappa shape index (κ3) is 5.36. The van der Waals surface area contributed by atoms with Gasteiger partial charge < -0.3 is 26.2 Å². The van der Waals surface area contributed by atoms with Gasteiger partial charge in [0.05, 0.1) is 0 Å². The number of hydrogen-bond donors (Lipinski definition) is 3. The zero-order chi connectivity index (χ0) is 23.3. The molecule has 168 valence electrons. The van der Waals surface area contributed by atoms with Crippen LogP contribution in [0, 0.1) is 0 Å². The maximum Gasteiger partial charge on any atom is 0.273 e. The summed E-state index contributed by atoms with van der Waals surface area (Å²) >= 11 is 0. The van der Waals surface area contributed by atoms with Crippen molar-refractivity contribution in [2.45, 2.75) is 18.9 Å². The molecule has 0 spiro atoms. The molecule has 0 radical (unpaired) electrons. The lowest BCUT2D eigenvalue weighted by molar-refractivity contribution is -0.127. The molecule has 3 amide bonds. The molecule has 4 N–H and O–H groups in total. The molecule has 11 heteroatoms. The lowest BCUT2D eigenvalue weighted by Crippen LogP contribution is -2.44. The van der Waals surface area contributed by atoms with Crippen molar-refractivity contribution >= 4 is 35.2 Å². The number of carbonyl (C=O) groups is 3. The molecule has 1 saturated heterocycles. The standard InChI is InChI=1S/C21H26N8O3/c1-4-16(30)29-10-6-9-15(12-29)24-21-25-19(17(18(22)31)26-27-21)23-14-8-5-7-13(11-14)20(32)28(2)3/h4-5,7-8,11,15H,1,6,9-10,12H2,2-3H3,(H2,22,31)(H2,23,24,25,27)/t15-/m1/s1. The predicted molar refractivity (Wildman–Crippen MR) is 120 cm³/mol. The van der Waals surface area contributed by atoms with Crippen molar-refractivity contribution in [1.82, 2.24) is 25.0 Å². The third-order valence-corrected chi connectivity index (χ3v) is 4.94. The fraction of sp³-hybridized carbons (Fsp3) is 0.333. The van der Waals surface area contributed by atoms with E-state index in [9.17, 15) is 14.4 Å². The minimum atomic E-state index is -0.792. The Bertz CT molecular complexity index is 1040. The van der Waals surface area contributed by atoms with Gasteiger partial charge in [0.25, 0.3) is 11.8 Å². The smallest absolute Gasteiger partial charge is 0.273 e. The van der Waals surface area contributed by atoms with E-state index in [1.807, 2.05) is 0 Å². The second-order valence-corrected chi connectivity index (χ2v) is 7.57. The lowest BCUT2D eigenvalue weighted by Gasteiger charge is -2.32. The molecule has 2 heterocycles. The first-order chi connectivity index (χ1) is 15.3. The lowest BCUT2D eigenvalue weighted by atomic mass is 10.1. The van der Waals surface area contributed by atoms with Crippen LogP contribution in [0.1, 0.15) is 33.7 Å². The van der Waals surface area contributed by atoms with Gasteiger partial charge in [0.15, 0.2) is 11.5 Å². The zero-order valence-electron chi connectivity index (χ0n) is 18.0. The van der Waals surface area contributed by atoms with Crippen molar-refractivity contribution < 1.29 is 14.4 Å². The highest BCUT2D eigenvalue weighted by Crippen LogP contribution is 2.21. The molecule has 3 rings (SSSR count). The van der Waals surface area contributed by atoms with Crippen LogP contribution in [0.25, 0.3) is 0 Å². The average Bonchev–Trinajstić information content (AvgIpc) is 2.78. The molecule has 1 aromatic heterocycles. The SMILES string of the molecule is C=CC(=O)N1CCC[C@@H](Nc2nnc(C(N)=O)c(Nc3cccc(C(=O)N(C)C)c3)n2)C1. The molecule has 1 aromatic carbocycles. The molecule has 11 nitrogen and oxygen atoms in total. The number of anilines is 3. The summed E-state index contributed by atoms with van der Waals surface area (Å²) in [7, 11) is 3.32. The van der Waals surface area contributed by atoms with Crippen LogP contribution in [-0.2, 0) is 4.79 Å². The first kappa shape index (κ1) is 22.7. The van der Waals surface area contributed by atoms with E-state index in [-0.39, 0.29) is 35.3 Å². The Hall–Kier alpha value is -4.02. The molecule has 0 unspecified atom stereocenters. The van der Waals surface area contributed by atoms with Gasteiger partial charge in [-0.3, -0.25) is 14.4 Å². The highest BCUT2D eigenvalue weighted by molar-refractivity contribution is 5.97. The first-order valence-electron chi connectivity index (χ1n) is 10.1. The van der Waals surface area contributed by atoms with Crippen LogP contribution in [0.15, 0.2) is 36.9 Å². The molecule has 2 aromatic rings. The second-order valence-electron chi connectivity index (χ2n) is 7.57. The summed E-state index contributed by atoms with van der Waals surface area (Å²) in [6.07, 6.45) is 2.93. The van der Waals surface area contributed by atoms with Crippen molar-refractivity contribution in [1.29, 1.82) is 0 Å². The Morgan fingerprint density at radius 3 is 2.75 bits per heavy atom. The van der Waals surface area contributed by atoms with Crippen molar-refractivity contribution in [3.05, 3.63) is 48.2 Å². The minimum Gasteiger partial charge on any atom is -0.364 e. The van der Waals surface area contributed by atoms with Gasteiger partial charge in [-0.1, -0.05) is 12.6 Å². The zero-order valence-corrected chi connectivity index (χ0v) is 18.0. The van der Waals surface area contributed by atoms with E-state index in [1.54, 1.807) is 43.3 Å². The number of hydrogen-bond acceptors (Lipinski definition) is 8. The number of aromatic nitrogens is 3. The number of nitrogens with one attached hydrogen (secondary N) is 2. The summed E-state index contributed by atoms with van der Waals surface area (Å²) in [6, 6.07) is 6.69. The summed E-state index contributed by atoms with van der Waals surface area (Å²) in [5.41, 5.74) is 6.30. The highest BCUT2D eigenvalue weighted by Gasteiger charge is 2.24. The number of nitrogens with two attached hydrogens (primary N) is 1. The van der Waals surface area contributed by atoms with Crippen molar-refractivity contribution in [3.63, 3.8) is 0 Å². The fourth-order valence-electron chi connectivity index (χ4n) is 3.37. The monoisotopic (exact) mass is 438 g/mol. The Morgan fingerprint density at radius 1 is 1.28 bits per heavy atom. The van der Waals surface area contributed by atoms with Crippen LogP contribution >= 0.6 is 0 Å². The normalized spacial score (nSPS) is 15.6. The third-order valence-electron chi connectivity index (χ3n) is 4.94. The van der Waals surface area contributed by atoms with Gasteiger partial charge in [-0.15, -0.1) is 10.2 Å². The van der Waals surface area contributed by atoms with Crippen LogP contribution in [0.3, 0.4) is 0 Å². The van der Waals surface area contributed by atoms with Gasteiger partial charge in [0.1, 0.15) is 0 Å². The van der Waals surface area contributed by atoms with E-state index in [1.165, 1.54) is 11.0 Å². The van der Waals surface area contributed by atoms with Gasteiger partial charge in [-0.2, -0.15) is 4.98 Å². The molecule has 0 saturated carbocycles. The van der Waals surface area contributed by atoms with E-state index < -0.39 is 5.91 Å². The number of carbonyl (C=O) groups excluding carboxylic acids is 3. The van der Waals surface area contributed by atoms with Crippen molar-refractivity contribution in [3.8, 4) is 0 Å². The molecule has 32 heavy (non-hydrogen) atoms. The Balaban J connectivity index is 1.82. The maximum absolute atomic E-state index is 12.2. The average molecular weight is 438 g/mol. The summed E-state index contributed by atoms with van der Waals surface area (Å²) in [5, 5.41) is 14.0. The van der Waals surface area contributed by atoms with Gasteiger partial charge in [-0.25, -0.2) is 0 Å². The van der Waals surface area contributed by atoms with Gasteiger partial charge in [0.2, 0.25) is 11.9 Å². The Kier molecular flexibility index (Phi) is 6.98. The van der Waals surface area contributed by atoms with Gasteiger partial charge in [0, 0.05) is 44.5 Å². The second kappa shape index (κ2) is 9.86. The van der Waals surface area contributed by atoms with E-state index in [0.717, 1.165) is 12.8 Å². The van der Waals surface area contributed by atoms with E-state index in [2.05, 4.69) is 32.4 Å². The van der Waals surface area contributed by atoms with Gasteiger partial charge in [-0.05, 0) is 37.1 Å². The summed E-state index contributed by atoms with van der Waals surface area (Å²) in [6.45, 7) is 4.67. The number of benzene rings is 1. The Morgan fingerprint density at radius 2 is 2.06 bits per heavy atom.